The van der Waals surface area contributed by atoms with Gasteiger partial charge in [0.1, 0.15) is 6.42 Å². The molecule has 1 fully saturated rings. The van der Waals surface area contributed by atoms with E-state index in [4.69, 9.17) is 9.84 Å². The van der Waals surface area contributed by atoms with E-state index in [0.29, 0.717) is 13.1 Å². The Balaban J connectivity index is 2.50. The average Bonchev–Trinajstić information content (AvgIpc) is 2.00. The molecule has 0 saturated carbocycles. The molecule has 0 aromatic rings. The van der Waals surface area contributed by atoms with Crippen molar-refractivity contribution in [2.24, 2.45) is 0 Å². The Morgan fingerprint density at radius 3 is 2.29 bits per heavy atom. The molecule has 14 heavy (non-hydrogen) atoms. The molecule has 5 nitrogen and oxygen atoms in total. The van der Waals surface area contributed by atoms with Crippen LogP contribution in [-0.4, -0.2) is 47.2 Å². The summed E-state index contributed by atoms with van der Waals surface area (Å²) in [6.07, 6.45) is -0.465. The molecule has 1 rings (SSSR count). The molecule has 0 aliphatic carbocycles. The zero-order valence-corrected chi connectivity index (χ0v) is 8.40. The minimum Gasteiger partial charge on any atom is -0.481 e. The smallest absolute Gasteiger partial charge is 0.312 e. The normalized spacial score (nSPS) is 27.4. The monoisotopic (exact) mass is 201 g/mol. The van der Waals surface area contributed by atoms with Gasteiger partial charge >= 0.3 is 5.97 Å². The lowest BCUT2D eigenvalue weighted by molar-refractivity contribution is -0.150. The summed E-state index contributed by atoms with van der Waals surface area (Å²) in [6.45, 7) is 4.71. The van der Waals surface area contributed by atoms with Crippen molar-refractivity contribution in [2.45, 2.75) is 32.5 Å². The molecular formula is C9H15NO4. The third kappa shape index (κ3) is 2.99. The summed E-state index contributed by atoms with van der Waals surface area (Å²) in [6, 6.07) is 0. The van der Waals surface area contributed by atoms with Gasteiger partial charge in [-0.05, 0) is 13.8 Å². The molecule has 0 spiro atoms. The van der Waals surface area contributed by atoms with Crippen LogP contribution in [-0.2, 0) is 14.3 Å². The van der Waals surface area contributed by atoms with Gasteiger partial charge in [-0.25, -0.2) is 0 Å². The molecule has 0 aromatic carbocycles. The van der Waals surface area contributed by atoms with Crippen LogP contribution in [0.2, 0.25) is 0 Å². The summed E-state index contributed by atoms with van der Waals surface area (Å²) in [4.78, 5) is 23.3. The number of nitrogens with zero attached hydrogens (tertiary/aromatic N) is 1. The van der Waals surface area contributed by atoms with Crippen LogP contribution >= 0.6 is 0 Å². The molecule has 0 unspecified atom stereocenters. The molecule has 1 N–H and O–H groups in total. The summed E-state index contributed by atoms with van der Waals surface area (Å²) >= 11 is 0. The second kappa shape index (κ2) is 4.41. The lowest BCUT2D eigenvalue weighted by Crippen LogP contribution is -2.48. The first-order chi connectivity index (χ1) is 6.49. The predicted molar refractivity (Wildman–Crippen MR) is 48.8 cm³/mol. The van der Waals surface area contributed by atoms with E-state index in [-0.39, 0.29) is 18.1 Å². The second-order valence-corrected chi connectivity index (χ2v) is 3.63. The minimum atomic E-state index is -1.08. The zero-order chi connectivity index (χ0) is 10.7. The third-order valence-corrected chi connectivity index (χ3v) is 2.07. The number of rotatable bonds is 2. The fraction of sp³-hybridized carbons (Fsp3) is 0.778. The number of carboxylic acids is 1. The second-order valence-electron chi connectivity index (χ2n) is 3.63. The molecule has 0 aromatic heterocycles. The van der Waals surface area contributed by atoms with Crippen molar-refractivity contribution in [1.82, 2.24) is 4.90 Å². The average molecular weight is 201 g/mol. The van der Waals surface area contributed by atoms with Gasteiger partial charge in [-0.3, -0.25) is 9.59 Å². The number of aliphatic carboxylic acids is 1. The Kier molecular flexibility index (Phi) is 3.46. The first-order valence-electron chi connectivity index (χ1n) is 4.64. The molecule has 1 heterocycles. The van der Waals surface area contributed by atoms with Gasteiger partial charge in [0.2, 0.25) is 5.91 Å². The highest BCUT2D eigenvalue weighted by molar-refractivity contribution is 5.93. The van der Waals surface area contributed by atoms with Crippen molar-refractivity contribution in [3.8, 4) is 0 Å². The maximum absolute atomic E-state index is 11.4. The molecule has 2 atom stereocenters. The first kappa shape index (κ1) is 11.0. The van der Waals surface area contributed by atoms with Crippen molar-refractivity contribution >= 4 is 11.9 Å². The highest BCUT2D eigenvalue weighted by Gasteiger charge is 2.26. The minimum absolute atomic E-state index is 0.0171. The van der Waals surface area contributed by atoms with Crippen molar-refractivity contribution in [2.75, 3.05) is 13.1 Å². The van der Waals surface area contributed by atoms with E-state index in [2.05, 4.69) is 0 Å². The number of hydrogen-bond donors (Lipinski definition) is 1. The Morgan fingerprint density at radius 1 is 1.36 bits per heavy atom. The van der Waals surface area contributed by atoms with Gasteiger partial charge in [0.25, 0.3) is 0 Å². The quantitative estimate of drug-likeness (QED) is 0.643. The summed E-state index contributed by atoms with van der Waals surface area (Å²) < 4.78 is 5.43. The van der Waals surface area contributed by atoms with E-state index in [1.165, 1.54) is 0 Å². The van der Waals surface area contributed by atoms with Gasteiger partial charge in [-0.1, -0.05) is 0 Å². The lowest BCUT2D eigenvalue weighted by atomic mass is 10.2. The first-order valence-corrected chi connectivity index (χ1v) is 4.64. The zero-order valence-electron chi connectivity index (χ0n) is 8.40. The molecule has 0 radical (unpaired) electrons. The van der Waals surface area contributed by atoms with Crippen molar-refractivity contribution in [1.29, 1.82) is 0 Å². The number of carboxylic acid groups (broad SMARTS) is 1. The maximum Gasteiger partial charge on any atom is 0.312 e. The molecule has 0 bridgehead atoms. The lowest BCUT2D eigenvalue weighted by Gasteiger charge is -2.35. The summed E-state index contributed by atoms with van der Waals surface area (Å²) in [5.41, 5.74) is 0. The highest BCUT2D eigenvalue weighted by Crippen LogP contribution is 2.11. The largest absolute Gasteiger partial charge is 0.481 e. The predicted octanol–water partition coefficient (Wildman–Crippen LogP) is 0.0969. The highest BCUT2D eigenvalue weighted by atomic mass is 16.5. The Labute approximate surface area is 82.6 Å². The number of hydrogen-bond acceptors (Lipinski definition) is 3. The van der Waals surface area contributed by atoms with E-state index >= 15 is 0 Å². The fourth-order valence-corrected chi connectivity index (χ4v) is 1.62. The third-order valence-electron chi connectivity index (χ3n) is 2.07. The summed E-state index contributed by atoms with van der Waals surface area (Å²) in [7, 11) is 0. The maximum atomic E-state index is 11.4. The summed E-state index contributed by atoms with van der Waals surface area (Å²) in [5.74, 6) is -1.42. The van der Waals surface area contributed by atoms with Gasteiger partial charge in [0, 0.05) is 13.1 Å². The molecule has 1 saturated heterocycles. The van der Waals surface area contributed by atoms with Crippen LogP contribution < -0.4 is 0 Å². The van der Waals surface area contributed by atoms with Gasteiger partial charge < -0.3 is 14.7 Å². The number of carbonyl (C=O) groups is 2. The van der Waals surface area contributed by atoms with Crippen LogP contribution in [0.25, 0.3) is 0 Å². The van der Waals surface area contributed by atoms with Gasteiger partial charge in [-0.15, -0.1) is 0 Å². The molecule has 5 heteroatoms. The van der Waals surface area contributed by atoms with Crippen molar-refractivity contribution < 1.29 is 19.4 Å². The van der Waals surface area contributed by atoms with Crippen molar-refractivity contribution in [3.05, 3.63) is 0 Å². The van der Waals surface area contributed by atoms with Gasteiger partial charge in [0.05, 0.1) is 12.2 Å². The Bertz CT molecular complexity index is 231. The van der Waals surface area contributed by atoms with Crippen LogP contribution in [0.4, 0.5) is 0 Å². The van der Waals surface area contributed by atoms with Crippen LogP contribution in [0.1, 0.15) is 20.3 Å². The van der Waals surface area contributed by atoms with Gasteiger partial charge in [0.15, 0.2) is 0 Å². The number of morpholine rings is 1. The van der Waals surface area contributed by atoms with Gasteiger partial charge in [-0.2, -0.15) is 0 Å². The molecule has 1 aliphatic rings. The Morgan fingerprint density at radius 2 is 1.86 bits per heavy atom. The van der Waals surface area contributed by atoms with E-state index in [1.54, 1.807) is 4.90 Å². The fourth-order valence-electron chi connectivity index (χ4n) is 1.62. The van der Waals surface area contributed by atoms with Crippen LogP contribution in [0.5, 0.6) is 0 Å². The van der Waals surface area contributed by atoms with Crippen molar-refractivity contribution in [3.63, 3.8) is 0 Å². The topological polar surface area (TPSA) is 66.8 Å². The van der Waals surface area contributed by atoms with E-state index < -0.39 is 12.4 Å². The van der Waals surface area contributed by atoms with Crippen LogP contribution in [0.15, 0.2) is 0 Å². The number of ether oxygens (including phenoxy) is 1. The van der Waals surface area contributed by atoms with E-state index in [0.717, 1.165) is 0 Å². The van der Waals surface area contributed by atoms with Crippen LogP contribution in [0.3, 0.4) is 0 Å². The standard InChI is InChI=1S/C9H15NO4/c1-6-4-10(5-7(2)14-6)8(11)3-9(12)13/h6-7H,3-5H2,1-2H3,(H,12,13)/t6-,7+. The SMILES string of the molecule is C[C@@H]1CN(C(=O)CC(=O)O)C[C@H](C)O1. The molecule has 1 aliphatic heterocycles. The molecular weight excluding hydrogens is 186 g/mol. The Hall–Kier alpha value is -1.10. The van der Waals surface area contributed by atoms with E-state index in [9.17, 15) is 9.59 Å². The summed E-state index contributed by atoms with van der Waals surface area (Å²) in [5, 5.41) is 8.47. The number of amides is 1. The molecule has 1 amide bonds. The van der Waals surface area contributed by atoms with E-state index in [1.807, 2.05) is 13.8 Å². The molecule has 80 valence electrons. The number of carbonyl (C=O) groups excluding carboxylic acids is 1. The van der Waals surface area contributed by atoms with Crippen LogP contribution in [0, 0.1) is 0 Å².